The lowest BCUT2D eigenvalue weighted by Crippen LogP contribution is -2.15. The quantitative estimate of drug-likeness (QED) is 0.454. The maximum absolute atomic E-state index is 5.94. The van der Waals surface area contributed by atoms with Gasteiger partial charge in [-0.2, -0.15) is 0 Å². The minimum atomic E-state index is -0.134. The molecule has 3 heterocycles. The van der Waals surface area contributed by atoms with Gasteiger partial charge in [-0.1, -0.05) is 19.9 Å². The van der Waals surface area contributed by atoms with Crippen molar-refractivity contribution >= 4 is 17.9 Å². The van der Waals surface area contributed by atoms with Crippen molar-refractivity contribution in [3.05, 3.63) is 47.8 Å². The summed E-state index contributed by atoms with van der Waals surface area (Å²) in [6.45, 7) is 6.95. The fourth-order valence-corrected chi connectivity index (χ4v) is 4.47. The fraction of sp³-hybridized carbons (Fsp3) is 0.478. The predicted octanol–water partition coefficient (Wildman–Crippen LogP) is 4.49. The summed E-state index contributed by atoms with van der Waals surface area (Å²) in [7, 11) is 3.28. The third kappa shape index (κ3) is 4.91. The van der Waals surface area contributed by atoms with E-state index in [1.165, 1.54) is 0 Å². The van der Waals surface area contributed by atoms with Crippen LogP contribution in [0.4, 0.5) is 5.95 Å². The SMILES string of the molecule is COc1cccc(OC)c1-n1c(NSC(C)C(C)c2ncc(C)cn2)nnc1C1CCCO1. The first kappa shape index (κ1) is 23.3. The first-order chi connectivity index (χ1) is 16.0. The van der Waals surface area contributed by atoms with Gasteiger partial charge in [0.15, 0.2) is 5.82 Å². The van der Waals surface area contributed by atoms with Crippen molar-refractivity contribution in [1.29, 1.82) is 0 Å². The van der Waals surface area contributed by atoms with Crippen molar-refractivity contribution in [1.82, 2.24) is 24.7 Å². The van der Waals surface area contributed by atoms with E-state index in [2.05, 4.69) is 38.7 Å². The van der Waals surface area contributed by atoms with Crippen molar-refractivity contribution in [3.63, 3.8) is 0 Å². The number of anilines is 1. The lowest BCUT2D eigenvalue weighted by Gasteiger charge is -2.21. The summed E-state index contributed by atoms with van der Waals surface area (Å²) in [5.74, 6) is 3.58. The van der Waals surface area contributed by atoms with Crippen molar-refractivity contribution < 1.29 is 14.2 Å². The Labute approximate surface area is 198 Å². The van der Waals surface area contributed by atoms with E-state index in [-0.39, 0.29) is 17.3 Å². The van der Waals surface area contributed by atoms with Gasteiger partial charge in [0.25, 0.3) is 0 Å². The van der Waals surface area contributed by atoms with Crippen molar-refractivity contribution in [2.45, 2.75) is 50.9 Å². The van der Waals surface area contributed by atoms with E-state index in [4.69, 9.17) is 14.2 Å². The molecule has 1 aromatic carbocycles. The molecule has 33 heavy (non-hydrogen) atoms. The van der Waals surface area contributed by atoms with Crippen LogP contribution in [0.15, 0.2) is 30.6 Å². The van der Waals surface area contributed by atoms with Crippen LogP contribution in [0.2, 0.25) is 0 Å². The van der Waals surface area contributed by atoms with E-state index in [0.29, 0.717) is 24.1 Å². The Morgan fingerprint density at radius 3 is 2.42 bits per heavy atom. The van der Waals surface area contributed by atoms with Gasteiger partial charge in [-0.3, -0.25) is 9.29 Å². The topological polar surface area (TPSA) is 96.2 Å². The van der Waals surface area contributed by atoms with E-state index >= 15 is 0 Å². The van der Waals surface area contributed by atoms with Crippen LogP contribution in [0.5, 0.6) is 11.5 Å². The van der Waals surface area contributed by atoms with Crippen LogP contribution in [0.3, 0.4) is 0 Å². The second kappa shape index (κ2) is 10.4. The van der Waals surface area contributed by atoms with Gasteiger partial charge in [-0.25, -0.2) is 9.97 Å². The number of aryl methyl sites for hydroxylation is 1. The molecule has 0 spiro atoms. The molecule has 2 aromatic heterocycles. The molecule has 3 unspecified atom stereocenters. The minimum Gasteiger partial charge on any atom is -0.494 e. The molecule has 1 N–H and O–H groups in total. The van der Waals surface area contributed by atoms with Gasteiger partial charge in [-0.15, -0.1) is 10.2 Å². The second-order valence-corrected chi connectivity index (χ2v) is 9.25. The molecule has 0 bridgehead atoms. The summed E-state index contributed by atoms with van der Waals surface area (Å²) in [5, 5.41) is 9.12. The second-order valence-electron chi connectivity index (χ2n) is 8.06. The molecule has 0 amide bonds. The summed E-state index contributed by atoms with van der Waals surface area (Å²) in [4.78, 5) is 8.97. The number of hydrogen-bond donors (Lipinski definition) is 1. The zero-order chi connectivity index (χ0) is 23.4. The van der Waals surface area contributed by atoms with Crippen LogP contribution in [0, 0.1) is 6.92 Å². The zero-order valence-electron chi connectivity index (χ0n) is 19.6. The van der Waals surface area contributed by atoms with Crippen molar-refractivity contribution in [2.24, 2.45) is 0 Å². The summed E-state index contributed by atoms with van der Waals surface area (Å²) in [5.41, 5.74) is 1.79. The number of nitrogens with zero attached hydrogens (tertiary/aromatic N) is 5. The van der Waals surface area contributed by atoms with Crippen LogP contribution < -0.4 is 14.2 Å². The average Bonchev–Trinajstić information content (AvgIpc) is 3.51. The van der Waals surface area contributed by atoms with E-state index in [1.807, 2.05) is 42.1 Å². The van der Waals surface area contributed by atoms with Gasteiger partial charge in [0.05, 0.1) is 14.2 Å². The van der Waals surface area contributed by atoms with Crippen LogP contribution in [-0.4, -0.2) is 50.8 Å². The molecular formula is C23H30N6O3S. The van der Waals surface area contributed by atoms with Gasteiger partial charge in [-0.05, 0) is 49.4 Å². The van der Waals surface area contributed by atoms with E-state index in [0.717, 1.165) is 35.7 Å². The Kier molecular flexibility index (Phi) is 7.34. The first-order valence-electron chi connectivity index (χ1n) is 11.0. The number of hydrogen-bond acceptors (Lipinski definition) is 9. The Hall–Kier alpha value is -2.85. The maximum atomic E-state index is 5.94. The molecule has 0 aliphatic carbocycles. The number of benzene rings is 1. The molecule has 1 fully saturated rings. The molecule has 10 heteroatoms. The lowest BCUT2D eigenvalue weighted by molar-refractivity contribution is 0.103. The summed E-state index contributed by atoms with van der Waals surface area (Å²) in [6.07, 6.45) is 5.44. The molecule has 1 saturated heterocycles. The molecule has 176 valence electrons. The van der Waals surface area contributed by atoms with Gasteiger partial charge in [0.1, 0.15) is 29.1 Å². The third-order valence-corrected chi connectivity index (χ3v) is 6.86. The highest BCUT2D eigenvalue weighted by Crippen LogP contribution is 2.39. The van der Waals surface area contributed by atoms with E-state index in [9.17, 15) is 0 Å². The maximum Gasteiger partial charge on any atom is 0.239 e. The molecule has 3 aromatic rings. The predicted molar refractivity (Wildman–Crippen MR) is 128 cm³/mol. The highest BCUT2D eigenvalue weighted by molar-refractivity contribution is 8.01. The number of aromatic nitrogens is 5. The summed E-state index contributed by atoms with van der Waals surface area (Å²) in [6, 6.07) is 5.69. The van der Waals surface area contributed by atoms with Crippen LogP contribution in [0.1, 0.15) is 55.9 Å². The average molecular weight is 471 g/mol. The number of methoxy groups -OCH3 is 2. The normalized spacial score (nSPS) is 17.5. The van der Waals surface area contributed by atoms with Crippen LogP contribution in [0.25, 0.3) is 5.69 Å². The van der Waals surface area contributed by atoms with Gasteiger partial charge in [0.2, 0.25) is 5.95 Å². The monoisotopic (exact) mass is 470 g/mol. The Morgan fingerprint density at radius 2 is 1.82 bits per heavy atom. The lowest BCUT2D eigenvalue weighted by atomic mass is 10.1. The molecule has 0 saturated carbocycles. The third-order valence-electron chi connectivity index (χ3n) is 5.78. The summed E-state index contributed by atoms with van der Waals surface area (Å²) >= 11 is 1.55. The minimum absolute atomic E-state index is 0.134. The zero-order valence-corrected chi connectivity index (χ0v) is 20.4. The Morgan fingerprint density at radius 1 is 1.12 bits per heavy atom. The van der Waals surface area contributed by atoms with Crippen molar-refractivity contribution in [3.8, 4) is 17.2 Å². The van der Waals surface area contributed by atoms with Gasteiger partial charge >= 0.3 is 0 Å². The molecule has 9 nitrogen and oxygen atoms in total. The summed E-state index contributed by atoms with van der Waals surface area (Å²) < 4.78 is 22.6. The molecule has 3 atom stereocenters. The number of para-hydroxylation sites is 1. The standard InChI is InChI=1S/C23H30N6O3S/c1-14-12-24-21(25-13-14)15(2)16(3)33-28-23-27-26-22(19-10-7-11-32-19)29(23)20-17(30-4)8-6-9-18(20)31-5/h6,8-9,12-13,15-16,19H,7,10-11H2,1-5H3,(H,27,28). The molecular weight excluding hydrogens is 440 g/mol. The first-order valence-corrected chi connectivity index (χ1v) is 11.9. The van der Waals surface area contributed by atoms with Crippen LogP contribution >= 0.6 is 11.9 Å². The smallest absolute Gasteiger partial charge is 0.239 e. The number of nitrogens with one attached hydrogen (secondary N) is 1. The number of rotatable bonds is 9. The van der Waals surface area contributed by atoms with Gasteiger partial charge in [0, 0.05) is 30.2 Å². The van der Waals surface area contributed by atoms with E-state index in [1.54, 1.807) is 26.2 Å². The molecule has 0 radical (unpaired) electrons. The highest BCUT2D eigenvalue weighted by Gasteiger charge is 2.29. The Balaban J connectivity index is 1.65. The molecule has 1 aliphatic heterocycles. The van der Waals surface area contributed by atoms with Crippen molar-refractivity contribution in [2.75, 3.05) is 25.5 Å². The van der Waals surface area contributed by atoms with E-state index < -0.39 is 0 Å². The van der Waals surface area contributed by atoms with Crippen LogP contribution in [-0.2, 0) is 4.74 Å². The number of ether oxygens (including phenoxy) is 3. The molecule has 1 aliphatic rings. The fourth-order valence-electron chi connectivity index (χ4n) is 3.72. The molecule has 4 rings (SSSR count). The highest BCUT2D eigenvalue weighted by atomic mass is 32.2. The van der Waals surface area contributed by atoms with Gasteiger partial charge < -0.3 is 14.2 Å². The largest absolute Gasteiger partial charge is 0.494 e. The Bertz CT molecular complexity index is 1050.